The highest BCUT2D eigenvalue weighted by atomic mass is 32.2. The molecule has 64 valence electrons. The van der Waals surface area contributed by atoms with Gasteiger partial charge in [0.2, 0.25) is 5.91 Å². The van der Waals surface area contributed by atoms with E-state index < -0.39 is 27.5 Å². The lowest BCUT2D eigenvalue weighted by atomic mass is 10.7. The second-order valence-electron chi connectivity index (χ2n) is 1.98. The van der Waals surface area contributed by atoms with Crippen LogP contribution in [0.2, 0.25) is 0 Å². The lowest BCUT2D eigenvalue weighted by molar-refractivity contribution is -0.117. The zero-order valence-electron chi connectivity index (χ0n) is 5.83. The molecule has 0 saturated carbocycles. The molecule has 0 saturated heterocycles. The Labute approximate surface area is 63.7 Å². The molecule has 0 spiro atoms. The first kappa shape index (κ1) is 9.89. The van der Waals surface area contributed by atoms with Gasteiger partial charge in [0.05, 0.1) is 0 Å². The van der Waals surface area contributed by atoms with Crippen LogP contribution in [0.4, 0.5) is 4.79 Å². The zero-order valence-corrected chi connectivity index (χ0v) is 6.64. The molecule has 0 rings (SSSR count). The number of carbonyl (C=O) groups excluding carboxylic acids is 2. The van der Waals surface area contributed by atoms with Crippen molar-refractivity contribution in [2.45, 2.75) is 0 Å². The van der Waals surface area contributed by atoms with E-state index in [-0.39, 0.29) is 0 Å². The summed E-state index contributed by atoms with van der Waals surface area (Å²) in [6.45, 7) is 0. The Hall–Kier alpha value is -1.11. The molecule has 11 heavy (non-hydrogen) atoms. The fourth-order valence-electron chi connectivity index (χ4n) is 0.412. The van der Waals surface area contributed by atoms with Gasteiger partial charge in [0, 0.05) is 6.26 Å². The normalized spacial score (nSPS) is 10.6. The van der Waals surface area contributed by atoms with E-state index in [1.54, 1.807) is 5.32 Å². The molecular weight excluding hydrogens is 172 g/mol. The van der Waals surface area contributed by atoms with E-state index in [0.717, 1.165) is 6.26 Å². The number of imide groups is 1. The minimum absolute atomic E-state index is 0.726. The first-order valence-electron chi connectivity index (χ1n) is 2.58. The van der Waals surface area contributed by atoms with Crippen LogP contribution < -0.4 is 11.1 Å². The zero-order chi connectivity index (χ0) is 9.07. The molecule has 0 unspecified atom stereocenters. The lowest BCUT2D eigenvalue weighted by Crippen LogP contribution is -2.38. The van der Waals surface area contributed by atoms with Crippen molar-refractivity contribution >= 4 is 21.8 Å². The van der Waals surface area contributed by atoms with Gasteiger partial charge in [0.15, 0.2) is 9.84 Å². The number of hydrogen-bond donors (Lipinski definition) is 2. The minimum Gasteiger partial charge on any atom is -0.351 e. The molecular formula is C4H8N2O4S. The molecule has 0 aromatic heterocycles. The van der Waals surface area contributed by atoms with Crippen LogP contribution in [0, 0.1) is 0 Å². The number of amides is 3. The summed E-state index contributed by atoms with van der Waals surface area (Å²) < 4.78 is 20.8. The second-order valence-corrected chi connectivity index (χ2v) is 4.12. The highest BCUT2D eigenvalue weighted by molar-refractivity contribution is 7.91. The van der Waals surface area contributed by atoms with E-state index in [1.807, 2.05) is 0 Å². The van der Waals surface area contributed by atoms with E-state index in [9.17, 15) is 18.0 Å². The maximum absolute atomic E-state index is 10.5. The molecule has 3 amide bonds. The Balaban J connectivity index is 4.01. The number of hydrogen-bond acceptors (Lipinski definition) is 4. The number of carbonyl (C=O) groups is 2. The summed E-state index contributed by atoms with van der Waals surface area (Å²) in [6.07, 6.45) is 0.883. The smallest absolute Gasteiger partial charge is 0.318 e. The van der Waals surface area contributed by atoms with Gasteiger partial charge in [-0.3, -0.25) is 10.1 Å². The Morgan fingerprint density at radius 1 is 1.45 bits per heavy atom. The summed E-state index contributed by atoms with van der Waals surface area (Å²) in [5.41, 5.74) is 4.55. The van der Waals surface area contributed by atoms with Gasteiger partial charge in [-0.15, -0.1) is 0 Å². The Morgan fingerprint density at radius 2 is 1.91 bits per heavy atom. The Kier molecular flexibility index (Phi) is 2.99. The highest BCUT2D eigenvalue weighted by Gasteiger charge is 2.11. The maximum atomic E-state index is 10.5. The largest absolute Gasteiger partial charge is 0.351 e. The van der Waals surface area contributed by atoms with Crippen molar-refractivity contribution in [3.05, 3.63) is 0 Å². The van der Waals surface area contributed by atoms with Crippen LogP contribution in [0.3, 0.4) is 0 Å². The third-order valence-electron chi connectivity index (χ3n) is 0.656. The van der Waals surface area contributed by atoms with Crippen LogP contribution in [0.5, 0.6) is 0 Å². The van der Waals surface area contributed by atoms with Gasteiger partial charge in [-0.05, 0) is 0 Å². The summed E-state index contributed by atoms with van der Waals surface area (Å²) in [7, 11) is -3.39. The van der Waals surface area contributed by atoms with Gasteiger partial charge in [0.25, 0.3) is 0 Å². The number of nitrogens with one attached hydrogen (secondary N) is 1. The van der Waals surface area contributed by atoms with Gasteiger partial charge in [-0.1, -0.05) is 0 Å². The fourth-order valence-corrected chi connectivity index (χ4v) is 0.960. The molecule has 0 radical (unpaired) electrons. The number of urea groups is 1. The lowest BCUT2D eigenvalue weighted by Gasteiger charge is -1.97. The van der Waals surface area contributed by atoms with Crippen molar-refractivity contribution in [3.8, 4) is 0 Å². The third-order valence-corrected chi connectivity index (χ3v) is 1.44. The molecule has 6 nitrogen and oxygen atoms in total. The first-order valence-corrected chi connectivity index (χ1v) is 4.64. The highest BCUT2D eigenvalue weighted by Crippen LogP contribution is 1.80. The summed E-state index contributed by atoms with van der Waals surface area (Å²) in [5, 5.41) is 1.62. The number of rotatable bonds is 2. The van der Waals surface area contributed by atoms with Gasteiger partial charge < -0.3 is 5.73 Å². The minimum atomic E-state index is -3.39. The predicted octanol–water partition coefficient (Wildman–Crippen LogP) is -1.77. The summed E-state index contributed by atoms with van der Waals surface area (Å²) in [4.78, 5) is 20.5. The average Bonchev–Trinajstić information content (AvgIpc) is 1.53. The fraction of sp³-hybridized carbons (Fsp3) is 0.500. The van der Waals surface area contributed by atoms with E-state index in [1.165, 1.54) is 0 Å². The average molecular weight is 180 g/mol. The molecule has 0 atom stereocenters. The summed E-state index contributed by atoms with van der Waals surface area (Å²) in [5.74, 6) is -1.64. The van der Waals surface area contributed by atoms with E-state index in [0.29, 0.717) is 0 Å². The van der Waals surface area contributed by atoms with Crippen LogP contribution in [0.1, 0.15) is 0 Å². The van der Waals surface area contributed by atoms with Crippen molar-refractivity contribution in [2.75, 3.05) is 12.0 Å². The summed E-state index contributed by atoms with van der Waals surface area (Å²) in [6, 6.07) is -1.06. The molecule has 0 aromatic carbocycles. The molecule has 0 heterocycles. The van der Waals surface area contributed by atoms with Crippen LogP contribution in [-0.4, -0.2) is 32.4 Å². The monoisotopic (exact) mass is 180 g/mol. The van der Waals surface area contributed by atoms with Crippen molar-refractivity contribution in [1.29, 1.82) is 0 Å². The SMILES string of the molecule is CS(=O)(=O)CC(=O)NC(N)=O. The standard InChI is InChI=1S/C4H8N2O4S/c1-11(9,10)2-3(7)6-4(5)8/h2H2,1H3,(H3,5,6,7,8). The number of nitrogens with two attached hydrogens (primary N) is 1. The van der Waals surface area contributed by atoms with Crippen molar-refractivity contribution in [2.24, 2.45) is 5.73 Å². The predicted molar refractivity (Wildman–Crippen MR) is 37.4 cm³/mol. The van der Waals surface area contributed by atoms with Crippen LogP contribution in [-0.2, 0) is 14.6 Å². The van der Waals surface area contributed by atoms with Gasteiger partial charge in [0.1, 0.15) is 5.75 Å². The summed E-state index contributed by atoms with van der Waals surface area (Å²) >= 11 is 0. The molecule has 7 heteroatoms. The molecule has 0 aromatic rings. The molecule has 3 N–H and O–H groups in total. The number of primary amides is 1. The first-order chi connectivity index (χ1) is 4.81. The molecule has 0 aliphatic rings. The van der Waals surface area contributed by atoms with E-state index >= 15 is 0 Å². The molecule has 0 aliphatic heterocycles. The van der Waals surface area contributed by atoms with Crippen molar-refractivity contribution in [3.63, 3.8) is 0 Å². The second kappa shape index (κ2) is 3.33. The van der Waals surface area contributed by atoms with Crippen molar-refractivity contribution in [1.82, 2.24) is 5.32 Å². The molecule has 0 bridgehead atoms. The van der Waals surface area contributed by atoms with Crippen molar-refractivity contribution < 1.29 is 18.0 Å². The molecule has 0 aliphatic carbocycles. The topological polar surface area (TPSA) is 106 Å². The Bertz CT molecular complexity index is 268. The van der Waals surface area contributed by atoms with Gasteiger partial charge in [-0.25, -0.2) is 13.2 Å². The van der Waals surface area contributed by atoms with Crippen LogP contribution >= 0.6 is 0 Å². The number of sulfone groups is 1. The van der Waals surface area contributed by atoms with Crippen LogP contribution in [0.25, 0.3) is 0 Å². The van der Waals surface area contributed by atoms with Gasteiger partial charge in [-0.2, -0.15) is 0 Å². The quantitative estimate of drug-likeness (QED) is 0.524. The van der Waals surface area contributed by atoms with Gasteiger partial charge >= 0.3 is 6.03 Å². The van der Waals surface area contributed by atoms with E-state index in [2.05, 4.69) is 5.73 Å². The Morgan fingerprint density at radius 3 is 2.18 bits per heavy atom. The van der Waals surface area contributed by atoms with E-state index in [4.69, 9.17) is 0 Å². The third kappa shape index (κ3) is 6.78. The maximum Gasteiger partial charge on any atom is 0.318 e. The molecule has 0 fully saturated rings. The van der Waals surface area contributed by atoms with Crippen LogP contribution in [0.15, 0.2) is 0 Å².